The van der Waals surface area contributed by atoms with Gasteiger partial charge in [-0.25, -0.2) is 13.8 Å². The Labute approximate surface area is 126 Å². The lowest BCUT2D eigenvalue weighted by Gasteiger charge is -2.07. The average molecular weight is 310 g/mol. The highest BCUT2D eigenvalue weighted by Gasteiger charge is 2.21. The lowest BCUT2D eigenvalue weighted by atomic mass is 10.2. The van der Waals surface area contributed by atoms with Crippen LogP contribution in [0.25, 0.3) is 0 Å². The minimum Gasteiger partial charge on any atom is -0.436 e. The van der Waals surface area contributed by atoms with Crippen molar-refractivity contribution in [3.8, 4) is 0 Å². The van der Waals surface area contributed by atoms with E-state index in [1.807, 2.05) is 0 Å². The first-order valence-electron chi connectivity index (χ1n) is 6.86. The highest BCUT2D eigenvalue weighted by atomic mass is 32.2. The summed E-state index contributed by atoms with van der Waals surface area (Å²) in [4.78, 5) is 4.05. The van der Waals surface area contributed by atoms with Crippen molar-refractivity contribution in [1.29, 1.82) is 0 Å². The van der Waals surface area contributed by atoms with Crippen LogP contribution in [0.15, 0.2) is 26.7 Å². The standard InChI is InChI=1S/C15H16F2N2OS/c1-8-9(2)20-15(19-8)21-14-12(16)5-10(6-13(14)17)7-18-11-3-4-11/h5-6,11,18H,3-4,7H2,1-2H3. The van der Waals surface area contributed by atoms with Crippen LogP contribution in [0.1, 0.15) is 29.9 Å². The molecule has 0 radical (unpaired) electrons. The van der Waals surface area contributed by atoms with Gasteiger partial charge in [-0.15, -0.1) is 0 Å². The van der Waals surface area contributed by atoms with Crippen LogP contribution in [0.2, 0.25) is 0 Å². The first kappa shape index (κ1) is 14.5. The van der Waals surface area contributed by atoms with Crippen molar-refractivity contribution in [3.05, 3.63) is 40.8 Å². The summed E-state index contributed by atoms with van der Waals surface area (Å²) in [5.41, 5.74) is 1.34. The molecule has 1 saturated carbocycles. The quantitative estimate of drug-likeness (QED) is 0.907. The summed E-state index contributed by atoms with van der Waals surface area (Å²) in [6, 6.07) is 3.23. The van der Waals surface area contributed by atoms with E-state index >= 15 is 0 Å². The lowest BCUT2D eigenvalue weighted by Crippen LogP contribution is -2.15. The Morgan fingerprint density at radius 2 is 1.95 bits per heavy atom. The van der Waals surface area contributed by atoms with Gasteiger partial charge in [0.1, 0.15) is 17.4 Å². The number of hydrogen-bond acceptors (Lipinski definition) is 4. The number of oxazole rings is 1. The third-order valence-corrected chi connectivity index (χ3v) is 4.37. The number of halogens is 2. The first-order valence-corrected chi connectivity index (χ1v) is 7.68. The van der Waals surface area contributed by atoms with Crippen LogP contribution in [-0.2, 0) is 6.54 Å². The van der Waals surface area contributed by atoms with E-state index in [0.717, 1.165) is 30.3 Å². The fraction of sp³-hybridized carbons (Fsp3) is 0.400. The molecule has 21 heavy (non-hydrogen) atoms. The predicted molar refractivity (Wildman–Crippen MR) is 76.3 cm³/mol. The maximum Gasteiger partial charge on any atom is 0.261 e. The highest BCUT2D eigenvalue weighted by Crippen LogP contribution is 2.33. The van der Waals surface area contributed by atoms with E-state index in [4.69, 9.17) is 4.42 Å². The molecule has 1 N–H and O–H groups in total. The molecule has 0 saturated heterocycles. The molecule has 0 spiro atoms. The normalized spacial score (nSPS) is 14.7. The molecule has 0 amide bonds. The zero-order valence-corrected chi connectivity index (χ0v) is 12.7. The molecular formula is C15H16F2N2OS. The fourth-order valence-electron chi connectivity index (χ4n) is 1.94. The fourth-order valence-corrected chi connectivity index (χ4v) is 2.77. The summed E-state index contributed by atoms with van der Waals surface area (Å²) in [5.74, 6) is -0.509. The van der Waals surface area contributed by atoms with Crippen molar-refractivity contribution in [3.63, 3.8) is 0 Å². The van der Waals surface area contributed by atoms with Crippen molar-refractivity contribution in [2.24, 2.45) is 0 Å². The molecule has 0 unspecified atom stereocenters. The molecule has 0 atom stereocenters. The Balaban J connectivity index is 1.77. The number of hydrogen-bond donors (Lipinski definition) is 1. The average Bonchev–Trinajstić information content (AvgIpc) is 3.19. The number of nitrogens with one attached hydrogen (secondary N) is 1. The smallest absolute Gasteiger partial charge is 0.261 e. The van der Waals surface area contributed by atoms with E-state index in [2.05, 4.69) is 10.3 Å². The minimum atomic E-state index is -0.582. The summed E-state index contributed by atoms with van der Waals surface area (Å²) in [6.45, 7) is 4.05. The molecular weight excluding hydrogens is 294 g/mol. The van der Waals surface area contributed by atoms with Crippen molar-refractivity contribution in [2.45, 2.75) is 49.4 Å². The molecule has 1 aromatic heterocycles. The number of nitrogens with zero attached hydrogens (tertiary/aromatic N) is 1. The lowest BCUT2D eigenvalue weighted by molar-refractivity contribution is 0.429. The maximum atomic E-state index is 14.1. The first-order chi connectivity index (χ1) is 10.0. The highest BCUT2D eigenvalue weighted by molar-refractivity contribution is 7.99. The molecule has 1 fully saturated rings. The van der Waals surface area contributed by atoms with Crippen molar-refractivity contribution >= 4 is 11.8 Å². The van der Waals surface area contributed by atoms with Crippen LogP contribution >= 0.6 is 11.8 Å². The maximum absolute atomic E-state index is 14.1. The second kappa shape index (κ2) is 5.77. The van der Waals surface area contributed by atoms with Crippen molar-refractivity contribution < 1.29 is 13.2 Å². The Kier molecular flexibility index (Phi) is 3.99. The number of benzene rings is 1. The molecule has 112 valence electrons. The van der Waals surface area contributed by atoms with E-state index in [-0.39, 0.29) is 10.1 Å². The van der Waals surface area contributed by atoms with Crippen molar-refractivity contribution in [2.75, 3.05) is 0 Å². The van der Waals surface area contributed by atoms with Gasteiger partial charge in [0.15, 0.2) is 0 Å². The molecule has 6 heteroatoms. The van der Waals surface area contributed by atoms with E-state index < -0.39 is 11.6 Å². The molecule has 3 nitrogen and oxygen atoms in total. The molecule has 3 rings (SSSR count). The van der Waals surface area contributed by atoms with E-state index in [9.17, 15) is 8.78 Å². The second-order valence-electron chi connectivity index (χ2n) is 5.27. The topological polar surface area (TPSA) is 38.1 Å². The van der Waals surface area contributed by atoms with Gasteiger partial charge in [0, 0.05) is 12.6 Å². The van der Waals surface area contributed by atoms with Gasteiger partial charge in [0.25, 0.3) is 5.22 Å². The van der Waals surface area contributed by atoms with Crippen molar-refractivity contribution in [1.82, 2.24) is 10.3 Å². The minimum absolute atomic E-state index is 0.0774. The summed E-state index contributed by atoms with van der Waals surface area (Å²) >= 11 is 0.873. The van der Waals surface area contributed by atoms with Gasteiger partial charge in [0.05, 0.1) is 10.6 Å². The molecule has 1 aromatic carbocycles. The summed E-state index contributed by atoms with van der Waals surface area (Å²) < 4.78 is 33.5. The zero-order chi connectivity index (χ0) is 15.0. The van der Waals surface area contributed by atoms with Gasteiger partial charge in [-0.05, 0) is 56.1 Å². The third kappa shape index (κ3) is 3.44. The van der Waals surface area contributed by atoms with Gasteiger partial charge in [-0.3, -0.25) is 0 Å². The van der Waals surface area contributed by atoms with Crippen LogP contribution in [0.4, 0.5) is 8.78 Å². The number of aryl methyl sites for hydroxylation is 2. The van der Waals surface area contributed by atoms with Gasteiger partial charge >= 0.3 is 0 Å². The Hall–Kier alpha value is -1.40. The van der Waals surface area contributed by atoms with Gasteiger partial charge in [-0.2, -0.15) is 0 Å². The molecule has 1 aliphatic rings. The Morgan fingerprint density at radius 1 is 1.29 bits per heavy atom. The molecule has 2 aromatic rings. The third-order valence-electron chi connectivity index (χ3n) is 3.43. The second-order valence-corrected chi connectivity index (χ2v) is 6.23. The number of rotatable bonds is 5. The van der Waals surface area contributed by atoms with Gasteiger partial charge < -0.3 is 9.73 Å². The molecule has 0 bridgehead atoms. The molecule has 0 aliphatic heterocycles. The van der Waals surface area contributed by atoms with E-state index in [1.54, 1.807) is 13.8 Å². The SMILES string of the molecule is Cc1nc(Sc2c(F)cc(CNC3CC3)cc2F)oc1C. The zero-order valence-electron chi connectivity index (χ0n) is 11.9. The van der Waals surface area contributed by atoms with Crippen LogP contribution in [-0.4, -0.2) is 11.0 Å². The van der Waals surface area contributed by atoms with Gasteiger partial charge in [0.2, 0.25) is 0 Å². The molecule has 1 aliphatic carbocycles. The Morgan fingerprint density at radius 3 is 2.48 bits per heavy atom. The van der Waals surface area contributed by atoms with Crippen LogP contribution < -0.4 is 5.32 Å². The summed E-state index contributed by atoms with van der Waals surface area (Å²) in [6.07, 6.45) is 2.28. The van der Waals surface area contributed by atoms with Crippen LogP contribution in [0, 0.1) is 25.5 Å². The van der Waals surface area contributed by atoms with Crippen LogP contribution in [0.5, 0.6) is 0 Å². The Bertz CT molecular complexity index is 625. The van der Waals surface area contributed by atoms with E-state index in [0.29, 0.717) is 23.9 Å². The largest absolute Gasteiger partial charge is 0.436 e. The molecule has 1 heterocycles. The van der Waals surface area contributed by atoms with Gasteiger partial charge in [-0.1, -0.05) is 0 Å². The number of aromatic nitrogens is 1. The van der Waals surface area contributed by atoms with Crippen LogP contribution in [0.3, 0.4) is 0 Å². The monoisotopic (exact) mass is 310 g/mol. The van der Waals surface area contributed by atoms with E-state index in [1.165, 1.54) is 12.1 Å². The predicted octanol–water partition coefficient (Wildman–Crippen LogP) is 3.97. The summed E-state index contributed by atoms with van der Waals surface area (Å²) in [5, 5.41) is 3.49. The summed E-state index contributed by atoms with van der Waals surface area (Å²) in [7, 11) is 0.